The second-order valence-corrected chi connectivity index (χ2v) is 4.68. The molecule has 21 heavy (non-hydrogen) atoms. The Bertz CT molecular complexity index is 715. The molecule has 1 aliphatic heterocycles. The largest absolute Gasteiger partial charge is 0.480 e. The number of nitrogens with zero attached hydrogens (tertiary/aromatic N) is 2. The molecule has 0 aliphatic carbocycles. The lowest BCUT2D eigenvalue weighted by atomic mass is 10.1. The number of carboxylic acid groups (broad SMARTS) is 1. The van der Waals surface area contributed by atoms with Crippen LogP contribution in [0.15, 0.2) is 18.5 Å². The highest BCUT2D eigenvalue weighted by molar-refractivity contribution is 6.06. The Kier molecular flexibility index (Phi) is 3.30. The van der Waals surface area contributed by atoms with Crippen molar-refractivity contribution in [2.45, 2.75) is 6.04 Å². The normalized spacial score (nSPS) is 18.9. The summed E-state index contributed by atoms with van der Waals surface area (Å²) in [5.74, 6) is -2.31. The van der Waals surface area contributed by atoms with Crippen LogP contribution < -0.4 is 0 Å². The number of hydrogen-bond acceptors (Lipinski definition) is 4. The van der Waals surface area contributed by atoms with Gasteiger partial charge in [0.25, 0.3) is 5.91 Å². The second-order valence-electron chi connectivity index (χ2n) is 4.68. The summed E-state index contributed by atoms with van der Waals surface area (Å²) < 4.78 is 18.7. The number of carboxylic acids is 1. The summed E-state index contributed by atoms with van der Waals surface area (Å²) in [6.45, 7) is 0.298. The van der Waals surface area contributed by atoms with E-state index in [-0.39, 0.29) is 25.3 Å². The lowest BCUT2D eigenvalue weighted by Crippen LogP contribution is -2.52. The van der Waals surface area contributed by atoms with Crippen LogP contribution in [0.1, 0.15) is 10.4 Å². The Morgan fingerprint density at radius 1 is 1.48 bits per heavy atom. The third kappa shape index (κ3) is 2.33. The van der Waals surface area contributed by atoms with E-state index < -0.39 is 23.7 Å². The van der Waals surface area contributed by atoms with Crippen molar-refractivity contribution in [2.24, 2.45) is 0 Å². The van der Waals surface area contributed by atoms with Crippen LogP contribution in [-0.2, 0) is 9.53 Å². The van der Waals surface area contributed by atoms with E-state index in [1.54, 1.807) is 0 Å². The van der Waals surface area contributed by atoms with Gasteiger partial charge in [-0.15, -0.1) is 0 Å². The fourth-order valence-electron chi connectivity index (χ4n) is 2.38. The second kappa shape index (κ2) is 5.13. The minimum atomic E-state index is -1.15. The quantitative estimate of drug-likeness (QED) is 0.846. The predicted molar refractivity (Wildman–Crippen MR) is 69.3 cm³/mol. The number of halogens is 1. The van der Waals surface area contributed by atoms with Gasteiger partial charge in [-0.2, -0.15) is 0 Å². The summed E-state index contributed by atoms with van der Waals surface area (Å²) in [5, 5.41) is 9.16. The number of aromatic amines is 1. The van der Waals surface area contributed by atoms with E-state index in [4.69, 9.17) is 9.84 Å². The van der Waals surface area contributed by atoms with Gasteiger partial charge in [-0.25, -0.2) is 14.2 Å². The van der Waals surface area contributed by atoms with Gasteiger partial charge in [0, 0.05) is 6.54 Å². The number of amides is 1. The molecule has 1 atom stereocenters. The summed E-state index contributed by atoms with van der Waals surface area (Å²) in [7, 11) is 0. The number of H-pyrrole nitrogens is 1. The molecule has 110 valence electrons. The number of ether oxygens (including phenoxy) is 1. The molecule has 0 radical (unpaired) electrons. The zero-order chi connectivity index (χ0) is 15.0. The number of fused-ring (bicyclic) bond motifs is 1. The molecule has 2 aromatic rings. The van der Waals surface area contributed by atoms with E-state index in [9.17, 15) is 14.0 Å². The third-order valence-corrected chi connectivity index (χ3v) is 3.39. The molecule has 0 unspecified atom stereocenters. The lowest BCUT2D eigenvalue weighted by molar-refractivity contribution is -0.147. The van der Waals surface area contributed by atoms with Gasteiger partial charge in [0.05, 0.1) is 30.6 Å². The van der Waals surface area contributed by atoms with Crippen LogP contribution in [-0.4, -0.2) is 57.7 Å². The zero-order valence-corrected chi connectivity index (χ0v) is 10.9. The Morgan fingerprint density at radius 2 is 2.29 bits per heavy atom. The van der Waals surface area contributed by atoms with Gasteiger partial charge in [-0.05, 0) is 12.1 Å². The smallest absolute Gasteiger partial charge is 0.328 e. The first-order valence-corrected chi connectivity index (χ1v) is 6.32. The molecule has 1 saturated heterocycles. The fourth-order valence-corrected chi connectivity index (χ4v) is 2.38. The van der Waals surface area contributed by atoms with E-state index in [0.717, 1.165) is 6.07 Å². The molecular formula is C13H12FN3O4. The van der Waals surface area contributed by atoms with Crippen molar-refractivity contribution in [1.29, 1.82) is 0 Å². The SMILES string of the molecule is O=C(O)[C@@H]1COCCN1C(=O)c1cc(F)cc2[nH]cnc12. The van der Waals surface area contributed by atoms with Crippen LogP contribution in [0.25, 0.3) is 11.0 Å². The Hall–Kier alpha value is -2.48. The Balaban J connectivity index is 2.03. The third-order valence-electron chi connectivity index (χ3n) is 3.39. The first-order chi connectivity index (χ1) is 10.1. The minimum Gasteiger partial charge on any atom is -0.480 e. The van der Waals surface area contributed by atoms with Gasteiger partial charge in [-0.1, -0.05) is 0 Å². The number of aromatic nitrogens is 2. The maximum absolute atomic E-state index is 13.6. The highest BCUT2D eigenvalue weighted by Gasteiger charge is 2.34. The maximum Gasteiger partial charge on any atom is 0.328 e. The van der Waals surface area contributed by atoms with Crippen molar-refractivity contribution in [2.75, 3.05) is 19.8 Å². The monoisotopic (exact) mass is 293 g/mol. The number of carbonyl (C=O) groups is 2. The van der Waals surface area contributed by atoms with Gasteiger partial charge in [-0.3, -0.25) is 4.79 Å². The number of benzene rings is 1. The predicted octanol–water partition coefficient (Wildman–Crippen LogP) is 0.628. The number of aliphatic carboxylic acids is 1. The van der Waals surface area contributed by atoms with E-state index in [2.05, 4.69) is 9.97 Å². The molecule has 0 saturated carbocycles. The molecule has 0 spiro atoms. The van der Waals surface area contributed by atoms with E-state index in [0.29, 0.717) is 11.0 Å². The number of imidazole rings is 1. The van der Waals surface area contributed by atoms with Gasteiger partial charge in [0.2, 0.25) is 0 Å². The number of carbonyl (C=O) groups excluding carboxylic acids is 1. The topological polar surface area (TPSA) is 95.5 Å². The van der Waals surface area contributed by atoms with Gasteiger partial charge in [0.1, 0.15) is 11.3 Å². The van der Waals surface area contributed by atoms with Crippen molar-refractivity contribution < 1.29 is 23.8 Å². The van der Waals surface area contributed by atoms with Crippen molar-refractivity contribution in [3.8, 4) is 0 Å². The molecule has 1 aromatic carbocycles. The molecule has 1 amide bonds. The highest BCUT2D eigenvalue weighted by Crippen LogP contribution is 2.21. The summed E-state index contributed by atoms with van der Waals surface area (Å²) in [4.78, 5) is 31.7. The average molecular weight is 293 g/mol. The van der Waals surface area contributed by atoms with Crippen LogP contribution in [0, 0.1) is 5.82 Å². The average Bonchev–Trinajstić information content (AvgIpc) is 2.93. The number of rotatable bonds is 2. The first-order valence-electron chi connectivity index (χ1n) is 6.32. The zero-order valence-electron chi connectivity index (χ0n) is 10.9. The van der Waals surface area contributed by atoms with Crippen molar-refractivity contribution in [3.05, 3.63) is 29.8 Å². The maximum atomic E-state index is 13.6. The molecular weight excluding hydrogens is 281 g/mol. The molecule has 8 heteroatoms. The van der Waals surface area contributed by atoms with Crippen LogP contribution in [0.5, 0.6) is 0 Å². The van der Waals surface area contributed by atoms with Gasteiger partial charge >= 0.3 is 5.97 Å². The van der Waals surface area contributed by atoms with Crippen LogP contribution >= 0.6 is 0 Å². The van der Waals surface area contributed by atoms with Crippen molar-refractivity contribution in [3.63, 3.8) is 0 Å². The molecule has 2 heterocycles. The van der Waals surface area contributed by atoms with Crippen molar-refractivity contribution >= 4 is 22.9 Å². The molecule has 3 rings (SSSR count). The summed E-state index contributed by atoms with van der Waals surface area (Å²) in [6, 6.07) is 1.22. The molecule has 7 nitrogen and oxygen atoms in total. The standard InChI is InChI=1S/C13H12FN3O4/c14-7-3-8(11-9(4-7)15-6-16-11)12(18)17-1-2-21-5-10(17)13(19)20/h3-4,6,10H,1-2,5H2,(H,15,16)(H,19,20)/t10-/m0/s1. The van der Waals surface area contributed by atoms with E-state index in [1.807, 2.05) is 0 Å². The molecule has 2 N–H and O–H groups in total. The lowest BCUT2D eigenvalue weighted by Gasteiger charge is -2.32. The Labute approximate surface area is 118 Å². The van der Waals surface area contributed by atoms with E-state index >= 15 is 0 Å². The summed E-state index contributed by atoms with van der Waals surface area (Å²) >= 11 is 0. The fraction of sp³-hybridized carbons (Fsp3) is 0.308. The van der Waals surface area contributed by atoms with Crippen molar-refractivity contribution in [1.82, 2.24) is 14.9 Å². The molecule has 1 aromatic heterocycles. The first kappa shape index (κ1) is 13.5. The molecule has 1 aliphatic rings. The Morgan fingerprint density at radius 3 is 3.05 bits per heavy atom. The minimum absolute atomic E-state index is 0.0411. The molecule has 0 bridgehead atoms. The van der Waals surface area contributed by atoms with Crippen LogP contribution in [0.3, 0.4) is 0 Å². The summed E-state index contributed by atoms with van der Waals surface area (Å²) in [6.07, 6.45) is 1.36. The van der Waals surface area contributed by atoms with Gasteiger partial charge in [0.15, 0.2) is 6.04 Å². The number of nitrogens with one attached hydrogen (secondary N) is 1. The van der Waals surface area contributed by atoms with Gasteiger partial charge < -0.3 is 19.7 Å². The summed E-state index contributed by atoms with van der Waals surface area (Å²) in [5.41, 5.74) is 0.745. The number of hydrogen-bond donors (Lipinski definition) is 2. The van der Waals surface area contributed by atoms with Crippen LogP contribution in [0.4, 0.5) is 4.39 Å². The molecule has 1 fully saturated rings. The highest BCUT2D eigenvalue weighted by atomic mass is 19.1. The number of morpholine rings is 1. The van der Waals surface area contributed by atoms with Crippen LogP contribution in [0.2, 0.25) is 0 Å². The van der Waals surface area contributed by atoms with E-state index in [1.165, 1.54) is 17.3 Å².